The lowest BCUT2D eigenvalue weighted by Crippen LogP contribution is -2.39. The summed E-state index contributed by atoms with van der Waals surface area (Å²) in [5.74, 6) is 0.310. The number of hydrogen-bond donors (Lipinski definition) is 0. The van der Waals surface area contributed by atoms with Gasteiger partial charge in [0.1, 0.15) is 0 Å². The highest BCUT2D eigenvalue weighted by Gasteiger charge is 2.30. The molecule has 5 heteroatoms. The molecule has 0 bridgehead atoms. The van der Waals surface area contributed by atoms with Crippen LogP contribution >= 0.6 is 0 Å². The van der Waals surface area contributed by atoms with Gasteiger partial charge in [0.15, 0.2) is 0 Å². The van der Waals surface area contributed by atoms with Crippen LogP contribution in [0.2, 0.25) is 0 Å². The lowest BCUT2D eigenvalue weighted by molar-refractivity contribution is -0.132. The van der Waals surface area contributed by atoms with Gasteiger partial charge in [0.05, 0.1) is 0 Å². The Labute approximate surface area is 115 Å². The van der Waals surface area contributed by atoms with Gasteiger partial charge in [-0.25, -0.2) is 0 Å². The van der Waals surface area contributed by atoms with E-state index in [2.05, 4.69) is 11.9 Å². The Balaban J connectivity index is 1.71. The average molecular weight is 267 g/mol. The van der Waals surface area contributed by atoms with Crippen molar-refractivity contribution in [1.29, 1.82) is 0 Å². The number of carbonyl (C=O) groups excluding carboxylic acids is 2. The summed E-state index contributed by atoms with van der Waals surface area (Å²) in [7, 11) is 5.79. The topological polar surface area (TPSA) is 43.9 Å². The van der Waals surface area contributed by atoms with Crippen LogP contribution in [-0.4, -0.2) is 72.8 Å². The fourth-order valence-corrected chi connectivity index (χ4v) is 2.59. The fourth-order valence-electron chi connectivity index (χ4n) is 2.59. The first-order valence-electron chi connectivity index (χ1n) is 7.19. The van der Waals surface area contributed by atoms with E-state index in [0.29, 0.717) is 12.8 Å². The molecule has 1 heterocycles. The second kappa shape index (κ2) is 5.90. The van der Waals surface area contributed by atoms with Gasteiger partial charge in [-0.15, -0.1) is 0 Å². The largest absolute Gasteiger partial charge is 0.344 e. The van der Waals surface area contributed by atoms with Crippen molar-refractivity contribution in [2.45, 2.75) is 44.2 Å². The molecule has 2 fully saturated rings. The normalized spacial score (nSPS) is 23.3. The molecule has 0 unspecified atom stereocenters. The summed E-state index contributed by atoms with van der Waals surface area (Å²) in [4.78, 5) is 29.4. The maximum absolute atomic E-state index is 12.1. The van der Waals surface area contributed by atoms with E-state index in [-0.39, 0.29) is 17.9 Å². The van der Waals surface area contributed by atoms with E-state index < -0.39 is 0 Å². The van der Waals surface area contributed by atoms with Crippen LogP contribution in [0.15, 0.2) is 0 Å². The van der Waals surface area contributed by atoms with Gasteiger partial charge in [0.25, 0.3) is 0 Å². The summed E-state index contributed by atoms with van der Waals surface area (Å²) in [6, 6.07) is 0.839. The monoisotopic (exact) mass is 267 g/mol. The summed E-state index contributed by atoms with van der Waals surface area (Å²) >= 11 is 0. The molecule has 1 aliphatic heterocycles. The van der Waals surface area contributed by atoms with E-state index in [4.69, 9.17) is 0 Å². The summed E-state index contributed by atoms with van der Waals surface area (Å²) in [5, 5.41) is 0. The highest BCUT2D eigenvalue weighted by atomic mass is 16.2. The number of carbonyl (C=O) groups is 2. The molecular formula is C14H25N3O2. The first-order valence-corrected chi connectivity index (χ1v) is 7.19. The van der Waals surface area contributed by atoms with E-state index in [1.54, 1.807) is 16.8 Å². The van der Waals surface area contributed by atoms with Crippen LogP contribution in [0, 0.1) is 0 Å². The number of likely N-dealkylation sites (N-methyl/N-ethyl adjacent to an activating group) is 2. The predicted molar refractivity (Wildman–Crippen MR) is 73.7 cm³/mol. The van der Waals surface area contributed by atoms with Crippen molar-refractivity contribution in [2.24, 2.45) is 0 Å². The molecule has 1 saturated carbocycles. The lowest BCUT2D eigenvalue weighted by atomic mass is 10.1. The Morgan fingerprint density at radius 3 is 2.47 bits per heavy atom. The van der Waals surface area contributed by atoms with Crippen molar-refractivity contribution in [3.8, 4) is 0 Å². The summed E-state index contributed by atoms with van der Waals surface area (Å²) in [6.45, 7) is 1.71. The minimum absolute atomic E-state index is 0.101. The van der Waals surface area contributed by atoms with E-state index in [0.717, 1.165) is 25.6 Å². The smallest absolute Gasteiger partial charge is 0.224 e. The molecule has 0 N–H and O–H groups in total. The quantitative estimate of drug-likeness (QED) is 0.706. The average Bonchev–Trinajstić information content (AvgIpc) is 3.18. The molecule has 0 aromatic rings. The van der Waals surface area contributed by atoms with Gasteiger partial charge in [-0.1, -0.05) is 0 Å². The Bertz CT molecular complexity index is 355. The summed E-state index contributed by atoms with van der Waals surface area (Å²) in [5.41, 5.74) is 0. The molecule has 1 atom stereocenters. The zero-order valence-electron chi connectivity index (χ0n) is 12.3. The van der Waals surface area contributed by atoms with Gasteiger partial charge < -0.3 is 14.7 Å². The van der Waals surface area contributed by atoms with Crippen molar-refractivity contribution in [1.82, 2.24) is 14.7 Å². The van der Waals surface area contributed by atoms with Gasteiger partial charge >= 0.3 is 0 Å². The van der Waals surface area contributed by atoms with E-state index in [1.807, 2.05) is 7.05 Å². The Morgan fingerprint density at radius 1 is 1.26 bits per heavy atom. The van der Waals surface area contributed by atoms with Crippen molar-refractivity contribution >= 4 is 11.8 Å². The second-order valence-electron chi connectivity index (χ2n) is 5.93. The summed E-state index contributed by atoms with van der Waals surface area (Å²) < 4.78 is 0. The Kier molecular flexibility index (Phi) is 4.45. The van der Waals surface area contributed by atoms with Crippen molar-refractivity contribution in [3.63, 3.8) is 0 Å². The fraction of sp³-hybridized carbons (Fsp3) is 0.857. The highest BCUT2D eigenvalue weighted by Crippen LogP contribution is 2.25. The van der Waals surface area contributed by atoms with Gasteiger partial charge in [-0.05, 0) is 26.3 Å². The third-order valence-electron chi connectivity index (χ3n) is 4.43. The molecule has 2 aliphatic rings. The van der Waals surface area contributed by atoms with Crippen molar-refractivity contribution in [2.75, 3.05) is 34.2 Å². The van der Waals surface area contributed by atoms with Crippen LogP contribution in [0.3, 0.4) is 0 Å². The maximum atomic E-state index is 12.1. The Hall–Kier alpha value is -1.10. The molecular weight excluding hydrogens is 242 g/mol. The standard InChI is InChI=1S/C14H25N3O2/c1-15(11-4-5-11)8-9-16(2)14(19)10-12-6-7-13(18)17(12)3/h11-12H,4-10H2,1-3H3/t12-/m1/s1. The van der Waals surface area contributed by atoms with Crippen LogP contribution in [0.25, 0.3) is 0 Å². The van der Waals surface area contributed by atoms with E-state index in [1.165, 1.54) is 12.8 Å². The lowest BCUT2D eigenvalue weighted by Gasteiger charge is -2.25. The maximum Gasteiger partial charge on any atom is 0.224 e. The minimum Gasteiger partial charge on any atom is -0.344 e. The van der Waals surface area contributed by atoms with E-state index in [9.17, 15) is 9.59 Å². The molecule has 0 radical (unpaired) electrons. The van der Waals surface area contributed by atoms with Gasteiger partial charge in [-0.3, -0.25) is 9.59 Å². The third-order valence-corrected chi connectivity index (χ3v) is 4.43. The van der Waals surface area contributed by atoms with Crippen LogP contribution in [0.1, 0.15) is 32.1 Å². The molecule has 1 aliphatic carbocycles. The van der Waals surface area contributed by atoms with Crippen LogP contribution < -0.4 is 0 Å². The van der Waals surface area contributed by atoms with Crippen LogP contribution in [0.4, 0.5) is 0 Å². The second-order valence-corrected chi connectivity index (χ2v) is 5.93. The molecule has 2 rings (SSSR count). The molecule has 0 spiro atoms. The van der Waals surface area contributed by atoms with Gasteiger partial charge in [-0.2, -0.15) is 0 Å². The molecule has 108 valence electrons. The molecule has 0 aromatic carbocycles. The first kappa shape index (κ1) is 14.3. The predicted octanol–water partition coefficient (Wildman–Crippen LogP) is 0.550. The molecule has 5 nitrogen and oxygen atoms in total. The molecule has 1 saturated heterocycles. The number of rotatable bonds is 6. The number of nitrogens with zero attached hydrogens (tertiary/aromatic N) is 3. The molecule has 0 aromatic heterocycles. The SMILES string of the molecule is CN(CCN(C)C1CC1)C(=O)C[C@H]1CCC(=O)N1C. The Morgan fingerprint density at radius 2 is 1.95 bits per heavy atom. The minimum atomic E-state index is 0.101. The molecule has 2 amide bonds. The first-order chi connectivity index (χ1) is 8.99. The van der Waals surface area contributed by atoms with Gasteiger partial charge in [0, 0.05) is 52.1 Å². The number of amides is 2. The zero-order valence-corrected chi connectivity index (χ0v) is 12.3. The van der Waals surface area contributed by atoms with Crippen molar-refractivity contribution in [3.05, 3.63) is 0 Å². The van der Waals surface area contributed by atoms with Gasteiger partial charge in [0.2, 0.25) is 11.8 Å². The zero-order chi connectivity index (χ0) is 14.0. The highest BCUT2D eigenvalue weighted by molar-refractivity contribution is 5.81. The third kappa shape index (κ3) is 3.69. The van der Waals surface area contributed by atoms with Crippen LogP contribution in [-0.2, 0) is 9.59 Å². The molecule has 19 heavy (non-hydrogen) atoms. The number of hydrogen-bond acceptors (Lipinski definition) is 3. The van der Waals surface area contributed by atoms with Crippen LogP contribution in [0.5, 0.6) is 0 Å². The van der Waals surface area contributed by atoms with E-state index >= 15 is 0 Å². The van der Waals surface area contributed by atoms with Crippen molar-refractivity contribution < 1.29 is 9.59 Å². The summed E-state index contributed by atoms with van der Waals surface area (Å²) in [6.07, 6.45) is 4.46. The number of likely N-dealkylation sites (tertiary alicyclic amines) is 1.